The maximum atomic E-state index is 3.60. The molecule has 0 spiro atoms. The van der Waals surface area contributed by atoms with Crippen LogP contribution in [-0.4, -0.2) is 0 Å². The molecule has 0 heterocycles. The van der Waals surface area contributed by atoms with Gasteiger partial charge in [-0.3, -0.25) is 0 Å². The largest absolute Gasteiger partial charge is 0.0991 e. The molecule has 0 aliphatic heterocycles. The highest BCUT2D eigenvalue weighted by Crippen LogP contribution is 2.07. The number of rotatable bonds is 4. The van der Waals surface area contributed by atoms with Crippen molar-refractivity contribution in [1.29, 1.82) is 0 Å². The van der Waals surface area contributed by atoms with Crippen LogP contribution in [0.5, 0.6) is 0 Å². The first-order chi connectivity index (χ1) is 6.83. The van der Waals surface area contributed by atoms with Crippen LogP contribution in [0, 0.1) is 3.57 Å². The topological polar surface area (TPSA) is 0 Å². The van der Waals surface area contributed by atoms with Gasteiger partial charge in [0.2, 0.25) is 0 Å². The zero-order valence-corrected chi connectivity index (χ0v) is 10.1. The van der Waals surface area contributed by atoms with Gasteiger partial charge in [0, 0.05) is 3.57 Å². The Balaban J connectivity index is 2.45. The summed E-state index contributed by atoms with van der Waals surface area (Å²) in [7, 11) is 0. The molecule has 0 radical (unpaired) electrons. The summed E-state index contributed by atoms with van der Waals surface area (Å²) >= 11 is 2.31. The van der Waals surface area contributed by atoms with E-state index in [9.17, 15) is 0 Å². The van der Waals surface area contributed by atoms with Gasteiger partial charge in [-0.05, 0) is 46.7 Å². The van der Waals surface area contributed by atoms with Crippen LogP contribution in [0.15, 0.2) is 61.2 Å². The lowest BCUT2D eigenvalue weighted by molar-refractivity contribution is 1.27. The summed E-state index contributed by atoms with van der Waals surface area (Å²) in [5, 5.41) is 0. The molecule has 1 heteroatoms. The number of benzene rings is 1. The van der Waals surface area contributed by atoms with E-state index in [2.05, 4.69) is 59.5 Å². The maximum absolute atomic E-state index is 3.60. The second-order valence-corrected chi connectivity index (χ2v) is 4.12. The van der Waals surface area contributed by atoms with E-state index in [1.807, 2.05) is 18.2 Å². The van der Waals surface area contributed by atoms with Crippen LogP contribution >= 0.6 is 22.6 Å². The Bertz CT molecular complexity index is 331. The lowest BCUT2D eigenvalue weighted by Gasteiger charge is -1.95. The SMILES string of the molecule is C=C/C=C\C=C/Cc1ccc(I)cc1. The van der Waals surface area contributed by atoms with E-state index in [4.69, 9.17) is 0 Å². The number of allylic oxidation sites excluding steroid dienone is 5. The Labute approximate surface area is 99.2 Å². The Morgan fingerprint density at radius 2 is 1.79 bits per heavy atom. The molecule has 0 N–H and O–H groups in total. The van der Waals surface area contributed by atoms with Gasteiger partial charge in [0.05, 0.1) is 0 Å². The Morgan fingerprint density at radius 1 is 1.07 bits per heavy atom. The molecule has 0 aromatic heterocycles. The van der Waals surface area contributed by atoms with E-state index >= 15 is 0 Å². The maximum Gasteiger partial charge on any atom is 0.0130 e. The van der Waals surface area contributed by atoms with E-state index < -0.39 is 0 Å². The van der Waals surface area contributed by atoms with E-state index in [1.165, 1.54) is 9.13 Å². The smallest absolute Gasteiger partial charge is 0.0130 e. The molecule has 0 bridgehead atoms. The van der Waals surface area contributed by atoms with Crippen LogP contribution in [0.1, 0.15) is 5.56 Å². The van der Waals surface area contributed by atoms with Gasteiger partial charge in [0.15, 0.2) is 0 Å². The standard InChI is InChI=1S/C13H13I/c1-2-3-4-5-6-7-12-8-10-13(14)11-9-12/h2-6,8-11H,1,7H2/b4-3-,6-5-. The molecule has 1 aromatic rings. The third-order valence-corrected chi connectivity index (χ3v) is 2.48. The molecule has 72 valence electrons. The molecule has 1 aromatic carbocycles. The second kappa shape index (κ2) is 6.60. The average molecular weight is 296 g/mol. The van der Waals surface area contributed by atoms with Crippen molar-refractivity contribution < 1.29 is 0 Å². The Hall–Kier alpha value is -0.830. The molecule has 1 rings (SSSR count). The molecule has 0 amide bonds. The fourth-order valence-corrected chi connectivity index (χ4v) is 1.41. The zero-order valence-electron chi connectivity index (χ0n) is 7.99. The summed E-state index contributed by atoms with van der Waals surface area (Å²) in [4.78, 5) is 0. The first kappa shape index (κ1) is 11.2. The third-order valence-electron chi connectivity index (χ3n) is 1.76. The zero-order chi connectivity index (χ0) is 10.2. The van der Waals surface area contributed by atoms with Gasteiger partial charge in [-0.2, -0.15) is 0 Å². The van der Waals surface area contributed by atoms with Crippen molar-refractivity contribution in [3.63, 3.8) is 0 Å². The van der Waals surface area contributed by atoms with E-state index in [0.29, 0.717) is 0 Å². The molecule has 0 atom stereocenters. The van der Waals surface area contributed by atoms with Crippen molar-refractivity contribution in [2.24, 2.45) is 0 Å². The fourth-order valence-electron chi connectivity index (χ4n) is 1.05. The fraction of sp³-hybridized carbons (Fsp3) is 0.0769. The molecule has 0 saturated carbocycles. The van der Waals surface area contributed by atoms with E-state index in [1.54, 1.807) is 6.08 Å². The summed E-state index contributed by atoms with van der Waals surface area (Å²) in [6.07, 6.45) is 10.8. The van der Waals surface area contributed by atoms with Crippen molar-refractivity contribution in [1.82, 2.24) is 0 Å². The summed E-state index contributed by atoms with van der Waals surface area (Å²) < 4.78 is 1.28. The molecule has 14 heavy (non-hydrogen) atoms. The van der Waals surface area contributed by atoms with Crippen molar-refractivity contribution >= 4 is 22.6 Å². The quantitative estimate of drug-likeness (QED) is 0.579. The molecular formula is C13H13I. The second-order valence-electron chi connectivity index (χ2n) is 2.88. The van der Waals surface area contributed by atoms with Crippen molar-refractivity contribution in [3.05, 3.63) is 70.4 Å². The minimum Gasteiger partial charge on any atom is -0.0991 e. The van der Waals surface area contributed by atoms with Gasteiger partial charge in [-0.15, -0.1) is 0 Å². The van der Waals surface area contributed by atoms with Crippen LogP contribution in [0.2, 0.25) is 0 Å². The average Bonchev–Trinajstić information content (AvgIpc) is 2.21. The van der Waals surface area contributed by atoms with Crippen molar-refractivity contribution in [2.75, 3.05) is 0 Å². The van der Waals surface area contributed by atoms with Gasteiger partial charge >= 0.3 is 0 Å². The third kappa shape index (κ3) is 4.42. The highest BCUT2D eigenvalue weighted by atomic mass is 127. The molecule has 0 fully saturated rings. The summed E-state index contributed by atoms with van der Waals surface area (Å²) in [6, 6.07) is 8.57. The highest BCUT2D eigenvalue weighted by molar-refractivity contribution is 14.1. The van der Waals surface area contributed by atoms with Gasteiger partial charge in [-0.25, -0.2) is 0 Å². The minimum atomic E-state index is 0.985. The summed E-state index contributed by atoms with van der Waals surface area (Å²) in [5.74, 6) is 0. The van der Waals surface area contributed by atoms with Crippen LogP contribution in [0.25, 0.3) is 0 Å². The number of hydrogen-bond acceptors (Lipinski definition) is 0. The molecule has 0 saturated heterocycles. The molecular weight excluding hydrogens is 283 g/mol. The van der Waals surface area contributed by atoms with Gasteiger partial charge in [-0.1, -0.05) is 49.1 Å². The summed E-state index contributed by atoms with van der Waals surface area (Å²) in [5.41, 5.74) is 1.34. The lowest BCUT2D eigenvalue weighted by Crippen LogP contribution is -1.79. The van der Waals surface area contributed by atoms with Crippen LogP contribution in [-0.2, 0) is 6.42 Å². The predicted octanol–water partition coefficient (Wildman–Crippen LogP) is 4.13. The Morgan fingerprint density at radius 3 is 2.43 bits per heavy atom. The van der Waals surface area contributed by atoms with Crippen LogP contribution in [0.4, 0.5) is 0 Å². The number of halogens is 1. The van der Waals surface area contributed by atoms with Gasteiger partial charge in [0.25, 0.3) is 0 Å². The molecule has 0 unspecified atom stereocenters. The summed E-state index contributed by atoms with van der Waals surface area (Å²) in [6.45, 7) is 3.60. The Kier molecular flexibility index (Phi) is 5.30. The van der Waals surface area contributed by atoms with Crippen LogP contribution in [0.3, 0.4) is 0 Å². The molecule has 0 aliphatic rings. The first-order valence-corrected chi connectivity index (χ1v) is 5.59. The first-order valence-electron chi connectivity index (χ1n) is 4.51. The van der Waals surface area contributed by atoms with E-state index in [-0.39, 0.29) is 0 Å². The molecule has 0 nitrogen and oxygen atoms in total. The van der Waals surface area contributed by atoms with Gasteiger partial charge in [0.1, 0.15) is 0 Å². The minimum absolute atomic E-state index is 0.985. The van der Waals surface area contributed by atoms with Crippen molar-refractivity contribution in [2.45, 2.75) is 6.42 Å². The molecule has 0 aliphatic carbocycles. The monoisotopic (exact) mass is 296 g/mol. The highest BCUT2D eigenvalue weighted by Gasteiger charge is 1.88. The lowest BCUT2D eigenvalue weighted by atomic mass is 10.1. The van der Waals surface area contributed by atoms with Crippen LogP contribution < -0.4 is 0 Å². The van der Waals surface area contributed by atoms with Crippen molar-refractivity contribution in [3.8, 4) is 0 Å². The van der Waals surface area contributed by atoms with Gasteiger partial charge < -0.3 is 0 Å². The predicted molar refractivity (Wildman–Crippen MR) is 71.3 cm³/mol. The number of hydrogen-bond donors (Lipinski definition) is 0. The van der Waals surface area contributed by atoms with E-state index in [0.717, 1.165) is 6.42 Å². The normalized spacial score (nSPS) is 11.2.